The standard InChI is InChI=1S/C11H14N2O2S/c1-8-4-5-11(6-9(8)2)16(14,15)13-10(3)7-12/h4-6,10,13H,1-3H3. The van der Waals surface area contributed by atoms with Crippen LogP contribution in [-0.4, -0.2) is 14.5 Å². The van der Waals surface area contributed by atoms with E-state index >= 15 is 0 Å². The van der Waals surface area contributed by atoms with E-state index in [0.717, 1.165) is 11.1 Å². The number of aryl methyl sites for hydroxylation is 2. The molecule has 4 nitrogen and oxygen atoms in total. The summed E-state index contributed by atoms with van der Waals surface area (Å²) in [5.41, 5.74) is 1.94. The lowest BCUT2D eigenvalue weighted by Gasteiger charge is -2.09. The van der Waals surface area contributed by atoms with E-state index in [1.165, 1.54) is 13.0 Å². The highest BCUT2D eigenvalue weighted by Gasteiger charge is 2.17. The zero-order valence-corrected chi connectivity index (χ0v) is 10.3. The number of benzene rings is 1. The van der Waals surface area contributed by atoms with Crippen molar-refractivity contribution in [3.05, 3.63) is 29.3 Å². The van der Waals surface area contributed by atoms with E-state index in [9.17, 15) is 8.42 Å². The van der Waals surface area contributed by atoms with Crippen LogP contribution in [0.2, 0.25) is 0 Å². The molecule has 86 valence electrons. The molecular weight excluding hydrogens is 224 g/mol. The Morgan fingerprint density at radius 3 is 2.44 bits per heavy atom. The first-order valence-electron chi connectivity index (χ1n) is 4.86. The van der Waals surface area contributed by atoms with Crippen molar-refractivity contribution < 1.29 is 8.42 Å². The molecule has 0 saturated heterocycles. The quantitative estimate of drug-likeness (QED) is 0.867. The minimum Gasteiger partial charge on any atom is -0.207 e. The summed E-state index contributed by atoms with van der Waals surface area (Å²) < 4.78 is 25.9. The van der Waals surface area contributed by atoms with Crippen molar-refractivity contribution in [2.24, 2.45) is 0 Å². The van der Waals surface area contributed by atoms with Crippen LogP contribution in [-0.2, 0) is 10.0 Å². The maximum Gasteiger partial charge on any atom is 0.241 e. The molecule has 0 fully saturated rings. The van der Waals surface area contributed by atoms with Crippen molar-refractivity contribution in [3.63, 3.8) is 0 Å². The molecule has 1 rings (SSSR count). The van der Waals surface area contributed by atoms with Gasteiger partial charge in [0, 0.05) is 0 Å². The highest BCUT2D eigenvalue weighted by molar-refractivity contribution is 7.89. The third kappa shape index (κ3) is 2.81. The van der Waals surface area contributed by atoms with Gasteiger partial charge in [0.1, 0.15) is 6.04 Å². The highest BCUT2D eigenvalue weighted by Crippen LogP contribution is 2.14. The predicted molar refractivity (Wildman–Crippen MR) is 61.3 cm³/mol. The molecule has 0 amide bonds. The Labute approximate surface area is 96.0 Å². The van der Waals surface area contributed by atoms with Gasteiger partial charge in [-0.05, 0) is 44.0 Å². The van der Waals surface area contributed by atoms with Gasteiger partial charge in [0.05, 0.1) is 11.0 Å². The van der Waals surface area contributed by atoms with E-state index in [4.69, 9.17) is 5.26 Å². The Bertz CT molecular complexity index is 529. The first-order valence-corrected chi connectivity index (χ1v) is 6.34. The molecule has 0 aromatic heterocycles. The van der Waals surface area contributed by atoms with E-state index in [2.05, 4.69) is 4.72 Å². The van der Waals surface area contributed by atoms with Crippen LogP contribution in [0.1, 0.15) is 18.1 Å². The zero-order chi connectivity index (χ0) is 12.3. The Morgan fingerprint density at radius 2 is 1.94 bits per heavy atom. The topological polar surface area (TPSA) is 70.0 Å². The molecule has 0 aliphatic rings. The maximum atomic E-state index is 11.8. The lowest BCUT2D eigenvalue weighted by molar-refractivity contribution is 0.577. The van der Waals surface area contributed by atoms with Crippen LogP contribution >= 0.6 is 0 Å². The summed E-state index contributed by atoms with van der Waals surface area (Å²) >= 11 is 0. The van der Waals surface area contributed by atoms with Crippen molar-refractivity contribution in [3.8, 4) is 6.07 Å². The van der Waals surface area contributed by atoms with E-state index in [1.807, 2.05) is 19.9 Å². The van der Waals surface area contributed by atoms with Gasteiger partial charge in [-0.25, -0.2) is 8.42 Å². The maximum absolute atomic E-state index is 11.8. The molecule has 1 atom stereocenters. The van der Waals surface area contributed by atoms with E-state index < -0.39 is 16.1 Å². The number of hydrogen-bond acceptors (Lipinski definition) is 3. The normalized spacial score (nSPS) is 13.1. The molecule has 0 saturated carbocycles. The van der Waals surface area contributed by atoms with E-state index in [0.29, 0.717) is 0 Å². The predicted octanol–water partition coefficient (Wildman–Crippen LogP) is 1.49. The van der Waals surface area contributed by atoms with Gasteiger partial charge in [-0.1, -0.05) is 6.07 Å². The zero-order valence-electron chi connectivity index (χ0n) is 9.48. The smallest absolute Gasteiger partial charge is 0.207 e. The van der Waals surface area contributed by atoms with Gasteiger partial charge in [0.2, 0.25) is 10.0 Å². The molecule has 1 aromatic carbocycles. The highest BCUT2D eigenvalue weighted by atomic mass is 32.2. The Kier molecular flexibility index (Phi) is 3.68. The molecule has 0 heterocycles. The van der Waals surface area contributed by atoms with Gasteiger partial charge in [0.25, 0.3) is 0 Å². The second-order valence-corrected chi connectivity index (χ2v) is 5.43. The fraction of sp³-hybridized carbons (Fsp3) is 0.364. The number of rotatable bonds is 3. The van der Waals surface area contributed by atoms with Crippen LogP contribution < -0.4 is 4.72 Å². The van der Waals surface area contributed by atoms with Gasteiger partial charge < -0.3 is 0 Å². The number of nitrogens with zero attached hydrogens (tertiary/aromatic N) is 1. The lowest BCUT2D eigenvalue weighted by atomic mass is 10.1. The Morgan fingerprint density at radius 1 is 1.31 bits per heavy atom. The van der Waals surface area contributed by atoms with Gasteiger partial charge in [-0.2, -0.15) is 9.98 Å². The van der Waals surface area contributed by atoms with Crippen molar-refractivity contribution >= 4 is 10.0 Å². The Balaban J connectivity index is 3.09. The average Bonchev–Trinajstić information content (AvgIpc) is 2.21. The molecule has 1 aromatic rings. The fourth-order valence-electron chi connectivity index (χ4n) is 1.21. The van der Waals surface area contributed by atoms with Crippen LogP contribution in [0.15, 0.2) is 23.1 Å². The first kappa shape index (κ1) is 12.7. The number of nitriles is 1. The summed E-state index contributed by atoms with van der Waals surface area (Å²) in [6, 6.07) is 5.98. The largest absolute Gasteiger partial charge is 0.241 e. The number of sulfonamides is 1. The van der Waals surface area contributed by atoms with Crippen LogP contribution in [0, 0.1) is 25.2 Å². The molecule has 1 unspecified atom stereocenters. The molecule has 0 radical (unpaired) electrons. The molecular formula is C11H14N2O2S. The van der Waals surface area contributed by atoms with Gasteiger partial charge >= 0.3 is 0 Å². The molecule has 0 aliphatic carbocycles. The minimum atomic E-state index is -3.58. The second-order valence-electron chi connectivity index (χ2n) is 3.72. The van der Waals surface area contributed by atoms with Crippen LogP contribution in [0.5, 0.6) is 0 Å². The third-order valence-corrected chi connectivity index (χ3v) is 3.85. The molecule has 1 N–H and O–H groups in total. The van der Waals surface area contributed by atoms with Gasteiger partial charge in [0.15, 0.2) is 0 Å². The monoisotopic (exact) mass is 238 g/mol. The summed E-state index contributed by atoms with van der Waals surface area (Å²) in [6.07, 6.45) is 0. The lowest BCUT2D eigenvalue weighted by Crippen LogP contribution is -2.31. The average molecular weight is 238 g/mol. The van der Waals surface area contributed by atoms with E-state index in [-0.39, 0.29) is 4.90 Å². The number of hydrogen-bond donors (Lipinski definition) is 1. The van der Waals surface area contributed by atoms with Crippen LogP contribution in [0.25, 0.3) is 0 Å². The summed E-state index contributed by atoms with van der Waals surface area (Å²) in [4.78, 5) is 0.192. The molecule has 0 bridgehead atoms. The molecule has 0 aliphatic heterocycles. The fourth-order valence-corrected chi connectivity index (χ4v) is 2.44. The van der Waals surface area contributed by atoms with Crippen molar-refractivity contribution in [2.45, 2.75) is 31.7 Å². The number of nitrogens with one attached hydrogen (secondary N) is 1. The Hall–Kier alpha value is -1.38. The van der Waals surface area contributed by atoms with E-state index in [1.54, 1.807) is 12.1 Å². The summed E-state index contributed by atoms with van der Waals surface area (Å²) in [5.74, 6) is 0. The molecule has 16 heavy (non-hydrogen) atoms. The van der Waals surface area contributed by atoms with Gasteiger partial charge in [-0.3, -0.25) is 0 Å². The van der Waals surface area contributed by atoms with Gasteiger partial charge in [-0.15, -0.1) is 0 Å². The first-order chi connectivity index (χ1) is 7.36. The second kappa shape index (κ2) is 4.64. The minimum absolute atomic E-state index is 0.192. The van der Waals surface area contributed by atoms with Crippen LogP contribution in [0.3, 0.4) is 0 Å². The molecule has 5 heteroatoms. The van der Waals surface area contributed by atoms with Crippen molar-refractivity contribution in [2.75, 3.05) is 0 Å². The van der Waals surface area contributed by atoms with Crippen molar-refractivity contribution in [1.29, 1.82) is 5.26 Å². The summed E-state index contributed by atoms with van der Waals surface area (Å²) in [5, 5.41) is 8.57. The SMILES string of the molecule is Cc1ccc(S(=O)(=O)NC(C)C#N)cc1C. The van der Waals surface area contributed by atoms with Crippen molar-refractivity contribution in [1.82, 2.24) is 4.72 Å². The summed E-state index contributed by atoms with van der Waals surface area (Å²) in [7, 11) is -3.58. The summed E-state index contributed by atoms with van der Waals surface area (Å²) in [6.45, 7) is 5.26. The van der Waals surface area contributed by atoms with Crippen LogP contribution in [0.4, 0.5) is 0 Å². The third-order valence-electron chi connectivity index (χ3n) is 2.31. The molecule has 0 spiro atoms.